The Morgan fingerprint density at radius 3 is 2.80 bits per heavy atom. The third kappa shape index (κ3) is 3.41. The molecule has 0 bridgehead atoms. The molecule has 1 atom stereocenters. The van der Waals surface area contributed by atoms with Crippen molar-refractivity contribution in [1.29, 1.82) is 5.26 Å². The largest absolute Gasteiger partial charge is 0.389 e. The van der Waals surface area contributed by atoms with Crippen molar-refractivity contribution in [2.75, 3.05) is 31.1 Å². The average Bonchev–Trinajstić information content (AvgIpc) is 2.68. The van der Waals surface area contributed by atoms with Crippen LogP contribution in [-0.4, -0.2) is 52.2 Å². The van der Waals surface area contributed by atoms with E-state index in [0.717, 1.165) is 24.6 Å². The molecule has 5 nitrogen and oxygen atoms in total. The zero-order valence-electron chi connectivity index (χ0n) is 11.9. The van der Waals surface area contributed by atoms with Crippen molar-refractivity contribution in [3.05, 3.63) is 10.7 Å². The van der Waals surface area contributed by atoms with Gasteiger partial charge in [-0.3, -0.25) is 4.90 Å². The van der Waals surface area contributed by atoms with Crippen molar-refractivity contribution >= 4 is 28.1 Å². The van der Waals surface area contributed by atoms with Crippen molar-refractivity contribution in [2.45, 2.75) is 32.4 Å². The van der Waals surface area contributed by atoms with Crippen LogP contribution in [-0.2, 0) is 0 Å². The average molecular weight is 315 g/mol. The van der Waals surface area contributed by atoms with Crippen molar-refractivity contribution in [2.24, 2.45) is 0 Å². The Morgan fingerprint density at radius 1 is 1.55 bits per heavy atom. The Labute approximate surface area is 128 Å². The first-order chi connectivity index (χ1) is 9.31. The van der Waals surface area contributed by atoms with Gasteiger partial charge in [-0.15, -0.1) is 0 Å². The molecule has 0 amide bonds. The van der Waals surface area contributed by atoms with E-state index in [1.54, 1.807) is 0 Å². The summed E-state index contributed by atoms with van der Waals surface area (Å²) in [6.07, 6.45) is 0. The molecule has 1 aromatic heterocycles. The summed E-state index contributed by atoms with van der Waals surface area (Å²) in [5.74, 6) is 0. The zero-order valence-corrected chi connectivity index (χ0v) is 13.5. The predicted molar refractivity (Wildman–Crippen MR) is 81.4 cm³/mol. The molecule has 0 spiro atoms. The maximum atomic E-state index is 9.90. The lowest BCUT2D eigenvalue weighted by molar-refractivity contribution is 0.0308. The number of aliphatic hydroxyl groups is 1. The standard InChI is InChI=1S/C13H19ClN4OS/c1-9-7-17(8-13(2,3)19)4-5-18(9)12-10(6-15)11(14)16-20-12/h9,19H,4-5,7-8H2,1-3H3. The van der Waals surface area contributed by atoms with Gasteiger partial charge in [-0.1, -0.05) is 11.6 Å². The summed E-state index contributed by atoms with van der Waals surface area (Å²) in [6.45, 7) is 8.93. The predicted octanol–water partition coefficient (Wildman–Crippen LogP) is 1.95. The van der Waals surface area contributed by atoms with Crippen molar-refractivity contribution < 1.29 is 5.11 Å². The summed E-state index contributed by atoms with van der Waals surface area (Å²) < 4.78 is 4.06. The van der Waals surface area contributed by atoms with Crippen molar-refractivity contribution in [3.63, 3.8) is 0 Å². The Balaban J connectivity index is 2.09. The molecule has 2 rings (SSSR count). The van der Waals surface area contributed by atoms with Gasteiger partial charge in [0.1, 0.15) is 16.6 Å². The van der Waals surface area contributed by atoms with Crippen LogP contribution in [0.5, 0.6) is 0 Å². The van der Waals surface area contributed by atoms with Gasteiger partial charge in [0.05, 0.1) is 5.60 Å². The van der Waals surface area contributed by atoms with Gasteiger partial charge in [-0.25, -0.2) is 0 Å². The molecule has 7 heteroatoms. The van der Waals surface area contributed by atoms with E-state index in [1.165, 1.54) is 11.5 Å². The minimum absolute atomic E-state index is 0.259. The van der Waals surface area contributed by atoms with Gasteiger partial charge in [0, 0.05) is 32.2 Å². The summed E-state index contributed by atoms with van der Waals surface area (Å²) in [4.78, 5) is 4.43. The van der Waals surface area contributed by atoms with E-state index >= 15 is 0 Å². The molecule has 1 aliphatic heterocycles. The van der Waals surface area contributed by atoms with Crippen LogP contribution in [0.1, 0.15) is 26.3 Å². The van der Waals surface area contributed by atoms with Crippen LogP contribution in [0.2, 0.25) is 5.15 Å². The first kappa shape index (κ1) is 15.5. The number of rotatable bonds is 3. The van der Waals surface area contributed by atoms with Gasteiger partial charge in [0.15, 0.2) is 5.15 Å². The SMILES string of the molecule is CC1CN(CC(C)(C)O)CCN1c1snc(Cl)c1C#N. The highest BCUT2D eigenvalue weighted by molar-refractivity contribution is 7.10. The second kappa shape index (κ2) is 5.86. The van der Waals surface area contributed by atoms with Crippen LogP contribution in [0.3, 0.4) is 0 Å². The number of nitriles is 1. The van der Waals surface area contributed by atoms with E-state index in [2.05, 4.69) is 27.2 Å². The molecular formula is C13H19ClN4OS. The van der Waals surface area contributed by atoms with Gasteiger partial charge in [-0.2, -0.15) is 9.64 Å². The molecule has 2 heterocycles. The fraction of sp³-hybridized carbons (Fsp3) is 0.692. The Bertz CT molecular complexity index is 519. The molecule has 20 heavy (non-hydrogen) atoms. The lowest BCUT2D eigenvalue weighted by Crippen LogP contribution is -2.54. The molecular weight excluding hydrogens is 296 g/mol. The smallest absolute Gasteiger partial charge is 0.162 e. The highest BCUT2D eigenvalue weighted by Crippen LogP contribution is 2.33. The quantitative estimate of drug-likeness (QED) is 0.924. The third-order valence-corrected chi connectivity index (χ3v) is 4.59. The molecule has 1 N–H and O–H groups in total. The van der Waals surface area contributed by atoms with E-state index in [1.807, 2.05) is 13.8 Å². The second-order valence-electron chi connectivity index (χ2n) is 5.86. The lowest BCUT2D eigenvalue weighted by atomic mass is 10.1. The maximum absolute atomic E-state index is 9.90. The number of nitrogens with zero attached hydrogens (tertiary/aromatic N) is 4. The summed E-state index contributed by atoms with van der Waals surface area (Å²) >= 11 is 7.21. The normalized spacial score (nSPS) is 21.0. The van der Waals surface area contributed by atoms with E-state index in [4.69, 9.17) is 11.6 Å². The fourth-order valence-electron chi connectivity index (χ4n) is 2.58. The molecule has 110 valence electrons. The molecule has 1 fully saturated rings. The maximum Gasteiger partial charge on any atom is 0.162 e. The first-order valence-electron chi connectivity index (χ1n) is 6.58. The molecule has 0 aromatic carbocycles. The summed E-state index contributed by atoms with van der Waals surface area (Å²) in [6, 6.07) is 2.39. The molecule has 1 unspecified atom stereocenters. The number of anilines is 1. The molecule has 1 aromatic rings. The topological polar surface area (TPSA) is 63.4 Å². The fourth-order valence-corrected chi connectivity index (χ4v) is 3.74. The van der Waals surface area contributed by atoms with Crippen LogP contribution < -0.4 is 4.90 Å². The first-order valence-corrected chi connectivity index (χ1v) is 7.73. The summed E-state index contributed by atoms with van der Waals surface area (Å²) in [5, 5.41) is 20.2. The van der Waals surface area contributed by atoms with E-state index in [-0.39, 0.29) is 6.04 Å². The summed E-state index contributed by atoms with van der Waals surface area (Å²) in [5.41, 5.74) is -0.215. The Kier molecular flexibility index (Phi) is 4.55. The monoisotopic (exact) mass is 314 g/mol. The van der Waals surface area contributed by atoms with Gasteiger partial charge < -0.3 is 10.0 Å². The minimum Gasteiger partial charge on any atom is -0.389 e. The van der Waals surface area contributed by atoms with Gasteiger partial charge >= 0.3 is 0 Å². The number of halogens is 1. The van der Waals surface area contributed by atoms with Gasteiger partial charge in [0.2, 0.25) is 0 Å². The van der Waals surface area contributed by atoms with Crippen molar-refractivity contribution in [1.82, 2.24) is 9.27 Å². The number of hydrogen-bond acceptors (Lipinski definition) is 6. The van der Waals surface area contributed by atoms with Crippen molar-refractivity contribution in [3.8, 4) is 6.07 Å². The highest BCUT2D eigenvalue weighted by Gasteiger charge is 2.30. The number of β-amino-alcohol motifs (C(OH)–C–C–N with tert-alkyl or cyclic N) is 1. The molecule has 0 aliphatic carbocycles. The third-order valence-electron chi connectivity index (χ3n) is 3.33. The lowest BCUT2D eigenvalue weighted by Gasteiger charge is -2.42. The molecule has 0 saturated carbocycles. The second-order valence-corrected chi connectivity index (χ2v) is 6.97. The molecule has 1 saturated heterocycles. The zero-order chi connectivity index (χ0) is 14.9. The van der Waals surface area contributed by atoms with Crippen LogP contribution in [0.25, 0.3) is 0 Å². The Hall–Kier alpha value is -0.870. The molecule has 0 radical (unpaired) electrons. The Morgan fingerprint density at radius 2 is 2.25 bits per heavy atom. The van der Waals surface area contributed by atoms with Crippen LogP contribution in [0.4, 0.5) is 5.00 Å². The number of hydrogen-bond donors (Lipinski definition) is 1. The summed E-state index contributed by atoms with van der Waals surface area (Å²) in [7, 11) is 0. The van der Waals surface area contributed by atoms with E-state index < -0.39 is 5.60 Å². The highest BCUT2D eigenvalue weighted by atomic mass is 35.5. The number of aromatic nitrogens is 1. The van der Waals surface area contributed by atoms with Crippen LogP contribution in [0, 0.1) is 11.3 Å². The number of piperazine rings is 1. The van der Waals surface area contributed by atoms with Crippen LogP contribution >= 0.6 is 23.1 Å². The van der Waals surface area contributed by atoms with E-state index in [9.17, 15) is 10.4 Å². The van der Waals surface area contributed by atoms with Crippen LogP contribution in [0.15, 0.2) is 0 Å². The minimum atomic E-state index is -0.687. The van der Waals surface area contributed by atoms with E-state index in [0.29, 0.717) is 17.3 Å². The molecule has 1 aliphatic rings. The van der Waals surface area contributed by atoms with Gasteiger partial charge in [0.25, 0.3) is 0 Å². The van der Waals surface area contributed by atoms with Gasteiger partial charge in [-0.05, 0) is 32.3 Å².